The Hall–Kier alpha value is -1.03. The van der Waals surface area contributed by atoms with Crippen molar-refractivity contribution >= 4 is 10.1 Å². The lowest BCUT2D eigenvalue weighted by molar-refractivity contribution is -0.0833. The van der Waals surface area contributed by atoms with E-state index in [-0.39, 0.29) is 24.7 Å². The van der Waals surface area contributed by atoms with Crippen molar-refractivity contribution in [2.75, 3.05) is 39.6 Å². The molecular weight excluding hydrogens is 324 g/mol. The highest BCUT2D eigenvalue weighted by Crippen LogP contribution is 2.15. The first-order chi connectivity index (χ1) is 11.0. The van der Waals surface area contributed by atoms with Gasteiger partial charge >= 0.3 is 0 Å². The summed E-state index contributed by atoms with van der Waals surface area (Å²) in [7, 11) is -3.84. The SMILES string of the molecule is Cc1ccc(S(=O)(=O)OC(C)OCCOCCOCCO)cc1. The fraction of sp³-hybridized carbons (Fsp3) is 0.600. The molecule has 0 spiro atoms. The monoisotopic (exact) mass is 348 g/mol. The summed E-state index contributed by atoms with van der Waals surface area (Å²) in [6.45, 7) is 4.89. The summed E-state index contributed by atoms with van der Waals surface area (Å²) in [5.74, 6) is 0. The van der Waals surface area contributed by atoms with Crippen molar-refractivity contribution in [1.29, 1.82) is 0 Å². The predicted octanol–water partition coefficient (Wildman–Crippen LogP) is 1.09. The van der Waals surface area contributed by atoms with Gasteiger partial charge < -0.3 is 19.3 Å². The van der Waals surface area contributed by atoms with Crippen molar-refractivity contribution in [3.05, 3.63) is 29.8 Å². The lowest BCUT2D eigenvalue weighted by Gasteiger charge is -2.14. The van der Waals surface area contributed by atoms with Gasteiger partial charge in [-0.25, -0.2) is 4.18 Å². The van der Waals surface area contributed by atoms with Crippen LogP contribution in [0.25, 0.3) is 0 Å². The molecule has 132 valence electrons. The van der Waals surface area contributed by atoms with Crippen molar-refractivity contribution in [2.45, 2.75) is 25.0 Å². The molecule has 8 heteroatoms. The van der Waals surface area contributed by atoms with Crippen LogP contribution in [0.15, 0.2) is 29.2 Å². The van der Waals surface area contributed by atoms with Crippen molar-refractivity contribution in [1.82, 2.24) is 0 Å². The Bertz CT molecular complexity index is 527. The molecule has 0 aromatic heterocycles. The van der Waals surface area contributed by atoms with Crippen LogP contribution in [0.2, 0.25) is 0 Å². The number of ether oxygens (including phenoxy) is 3. The first kappa shape index (κ1) is 20.0. The highest BCUT2D eigenvalue weighted by atomic mass is 32.2. The molecular formula is C15H24O7S. The molecule has 0 amide bonds. The minimum atomic E-state index is -3.84. The minimum absolute atomic E-state index is 0.0204. The molecule has 0 saturated heterocycles. The fourth-order valence-electron chi connectivity index (χ4n) is 1.63. The zero-order valence-corrected chi connectivity index (χ0v) is 14.3. The average Bonchev–Trinajstić information content (AvgIpc) is 2.50. The average molecular weight is 348 g/mol. The molecule has 7 nitrogen and oxygen atoms in total. The van der Waals surface area contributed by atoms with Crippen LogP contribution < -0.4 is 0 Å². The Balaban J connectivity index is 2.22. The van der Waals surface area contributed by atoms with Gasteiger partial charge in [0.1, 0.15) is 0 Å². The van der Waals surface area contributed by atoms with Gasteiger partial charge in [-0.3, -0.25) is 0 Å². The lowest BCUT2D eigenvalue weighted by atomic mass is 10.2. The molecule has 1 unspecified atom stereocenters. The quantitative estimate of drug-likeness (QED) is 0.343. The molecule has 0 aliphatic carbocycles. The first-order valence-corrected chi connectivity index (χ1v) is 8.74. The van der Waals surface area contributed by atoms with E-state index in [1.165, 1.54) is 19.1 Å². The standard InChI is InChI=1S/C15H24O7S/c1-13-3-5-15(6-4-13)23(17,18)22-14(2)21-12-11-20-10-9-19-8-7-16/h3-6,14,16H,7-12H2,1-2H3. The smallest absolute Gasteiger partial charge is 0.299 e. The summed E-state index contributed by atoms with van der Waals surface area (Å²) >= 11 is 0. The van der Waals surface area contributed by atoms with Crippen LogP contribution in [0.4, 0.5) is 0 Å². The normalized spacial score (nSPS) is 13.2. The summed E-state index contributed by atoms with van der Waals surface area (Å²) in [4.78, 5) is 0.0934. The van der Waals surface area contributed by atoms with Crippen molar-refractivity contribution in [3.8, 4) is 0 Å². The molecule has 1 aromatic carbocycles. The maximum absolute atomic E-state index is 12.0. The lowest BCUT2D eigenvalue weighted by Crippen LogP contribution is -2.21. The van der Waals surface area contributed by atoms with E-state index < -0.39 is 16.4 Å². The Kier molecular flexibility index (Phi) is 9.30. The van der Waals surface area contributed by atoms with Crippen molar-refractivity contribution < 1.29 is 31.9 Å². The third-order valence-electron chi connectivity index (χ3n) is 2.76. The molecule has 1 rings (SSSR count). The molecule has 0 bridgehead atoms. The first-order valence-electron chi connectivity index (χ1n) is 7.33. The second-order valence-electron chi connectivity index (χ2n) is 4.75. The van der Waals surface area contributed by atoms with Gasteiger partial charge in [0.15, 0.2) is 6.29 Å². The van der Waals surface area contributed by atoms with Crippen LogP contribution in [0.5, 0.6) is 0 Å². The molecule has 0 radical (unpaired) electrons. The topological polar surface area (TPSA) is 91.3 Å². The van der Waals surface area contributed by atoms with E-state index in [0.29, 0.717) is 19.8 Å². The van der Waals surface area contributed by atoms with Crippen LogP contribution in [0.3, 0.4) is 0 Å². The fourth-order valence-corrected chi connectivity index (χ4v) is 2.62. The van der Waals surface area contributed by atoms with Crippen LogP contribution >= 0.6 is 0 Å². The number of aliphatic hydroxyl groups is 1. The van der Waals surface area contributed by atoms with Gasteiger partial charge in [-0.2, -0.15) is 8.42 Å². The van der Waals surface area contributed by atoms with E-state index >= 15 is 0 Å². The zero-order chi connectivity index (χ0) is 17.1. The van der Waals surface area contributed by atoms with E-state index in [4.69, 9.17) is 23.5 Å². The second kappa shape index (κ2) is 10.7. The molecule has 0 fully saturated rings. The van der Waals surface area contributed by atoms with Crippen molar-refractivity contribution in [2.24, 2.45) is 0 Å². The maximum atomic E-state index is 12.0. The highest BCUT2D eigenvalue weighted by Gasteiger charge is 2.19. The minimum Gasteiger partial charge on any atom is -0.394 e. The zero-order valence-electron chi connectivity index (χ0n) is 13.4. The van der Waals surface area contributed by atoms with Gasteiger partial charge in [-0.05, 0) is 26.0 Å². The van der Waals surface area contributed by atoms with Crippen LogP contribution in [-0.2, 0) is 28.5 Å². The molecule has 1 aromatic rings. The summed E-state index contributed by atoms with van der Waals surface area (Å²) < 4.78 is 44.5. The predicted molar refractivity (Wildman–Crippen MR) is 83.6 cm³/mol. The van der Waals surface area contributed by atoms with Crippen LogP contribution in [-0.4, -0.2) is 59.5 Å². The van der Waals surface area contributed by atoms with Gasteiger partial charge in [0.25, 0.3) is 10.1 Å². The molecule has 0 saturated carbocycles. The third kappa shape index (κ3) is 8.40. The van der Waals surface area contributed by atoms with Crippen molar-refractivity contribution in [3.63, 3.8) is 0 Å². The Labute approximate surface area is 137 Å². The highest BCUT2D eigenvalue weighted by molar-refractivity contribution is 7.86. The molecule has 1 N–H and O–H groups in total. The maximum Gasteiger partial charge on any atom is 0.299 e. The molecule has 23 heavy (non-hydrogen) atoms. The van der Waals surface area contributed by atoms with E-state index in [1.54, 1.807) is 12.1 Å². The summed E-state index contributed by atoms with van der Waals surface area (Å²) in [5, 5.41) is 8.51. The third-order valence-corrected chi connectivity index (χ3v) is 4.13. The van der Waals surface area contributed by atoms with E-state index in [9.17, 15) is 8.42 Å². The molecule has 0 aliphatic heterocycles. The van der Waals surface area contributed by atoms with E-state index in [2.05, 4.69) is 0 Å². The summed E-state index contributed by atoms with van der Waals surface area (Å²) in [6.07, 6.45) is -0.907. The Morgan fingerprint density at radius 3 is 2.17 bits per heavy atom. The Morgan fingerprint density at radius 1 is 1.00 bits per heavy atom. The van der Waals surface area contributed by atoms with E-state index in [0.717, 1.165) is 5.56 Å². The molecule has 0 heterocycles. The number of hydrogen-bond acceptors (Lipinski definition) is 7. The second-order valence-corrected chi connectivity index (χ2v) is 6.32. The van der Waals surface area contributed by atoms with Gasteiger partial charge in [0.2, 0.25) is 0 Å². The van der Waals surface area contributed by atoms with Gasteiger partial charge in [-0.1, -0.05) is 17.7 Å². The summed E-state index contributed by atoms with van der Waals surface area (Å²) in [6, 6.07) is 6.39. The van der Waals surface area contributed by atoms with Crippen LogP contribution in [0, 0.1) is 6.92 Å². The van der Waals surface area contributed by atoms with Crippen LogP contribution in [0.1, 0.15) is 12.5 Å². The molecule has 0 aliphatic rings. The number of hydrogen-bond donors (Lipinski definition) is 1. The van der Waals surface area contributed by atoms with Gasteiger partial charge in [0, 0.05) is 0 Å². The number of aliphatic hydroxyl groups excluding tert-OH is 1. The Morgan fingerprint density at radius 2 is 1.57 bits per heavy atom. The largest absolute Gasteiger partial charge is 0.394 e. The summed E-state index contributed by atoms with van der Waals surface area (Å²) in [5.41, 5.74) is 0.966. The number of aryl methyl sites for hydroxylation is 1. The number of benzene rings is 1. The molecule has 1 atom stereocenters. The number of rotatable bonds is 12. The van der Waals surface area contributed by atoms with Gasteiger partial charge in [-0.15, -0.1) is 0 Å². The van der Waals surface area contributed by atoms with Gasteiger partial charge in [0.05, 0.1) is 44.5 Å². The van der Waals surface area contributed by atoms with E-state index in [1.807, 2.05) is 6.92 Å².